The van der Waals surface area contributed by atoms with Crippen LogP contribution in [0.4, 0.5) is 5.69 Å². The van der Waals surface area contributed by atoms with Gasteiger partial charge in [0.15, 0.2) is 5.54 Å². The summed E-state index contributed by atoms with van der Waals surface area (Å²) in [6, 6.07) is 12.9. The number of carbonyl (C=O) groups is 1. The Kier molecular flexibility index (Phi) is 3.69. The molecule has 1 amide bonds. The molecule has 0 unspecified atom stereocenters. The van der Waals surface area contributed by atoms with Crippen molar-refractivity contribution in [3.05, 3.63) is 69.8 Å². The number of para-hydroxylation sites is 2. The number of benzene rings is 2. The lowest BCUT2D eigenvalue weighted by Crippen LogP contribution is -2.54. The van der Waals surface area contributed by atoms with Gasteiger partial charge in [-0.15, -0.1) is 0 Å². The molecule has 2 aromatic carbocycles. The molecule has 0 aliphatic carbocycles. The van der Waals surface area contributed by atoms with Crippen molar-refractivity contribution < 1.29 is 14.5 Å². The standard InChI is InChI=1S/C19H19N3O4/c1-11-16(12-7-3-6-10-15(12)26-2)17(22(24)25)19(21-11)13-8-4-5-9-14(13)20-18(19)23/h3-11,16-17,21H,1-2H3,(H,20,23)/t11-,16-,17-,19-/m0/s1. The van der Waals surface area contributed by atoms with Crippen LogP contribution in [0.15, 0.2) is 48.5 Å². The molecule has 4 rings (SSSR count). The average Bonchev–Trinajstić information content (AvgIpc) is 3.10. The first-order chi connectivity index (χ1) is 12.5. The summed E-state index contributed by atoms with van der Waals surface area (Å²) in [5.74, 6) is -0.315. The predicted octanol–water partition coefficient (Wildman–Crippen LogP) is 2.26. The summed E-state index contributed by atoms with van der Waals surface area (Å²) in [4.78, 5) is 24.8. The highest BCUT2D eigenvalue weighted by Crippen LogP contribution is 2.50. The minimum atomic E-state index is -1.40. The van der Waals surface area contributed by atoms with Gasteiger partial charge in [0.1, 0.15) is 5.75 Å². The van der Waals surface area contributed by atoms with Crippen LogP contribution in [0.5, 0.6) is 5.75 Å². The molecule has 2 heterocycles. The zero-order valence-electron chi connectivity index (χ0n) is 14.4. The van der Waals surface area contributed by atoms with Crippen LogP contribution < -0.4 is 15.4 Å². The van der Waals surface area contributed by atoms with Gasteiger partial charge in [0.2, 0.25) is 0 Å². The molecule has 26 heavy (non-hydrogen) atoms. The molecule has 0 bridgehead atoms. The third-order valence-corrected chi connectivity index (χ3v) is 5.46. The molecule has 0 saturated carbocycles. The fourth-order valence-electron chi connectivity index (χ4n) is 4.46. The van der Waals surface area contributed by atoms with E-state index in [2.05, 4.69) is 10.6 Å². The van der Waals surface area contributed by atoms with Crippen molar-refractivity contribution >= 4 is 11.6 Å². The second-order valence-electron chi connectivity index (χ2n) is 6.74. The van der Waals surface area contributed by atoms with Gasteiger partial charge >= 0.3 is 0 Å². The van der Waals surface area contributed by atoms with Crippen molar-refractivity contribution in [3.8, 4) is 5.75 Å². The van der Waals surface area contributed by atoms with Crippen molar-refractivity contribution in [1.82, 2.24) is 5.32 Å². The maximum atomic E-state index is 12.9. The van der Waals surface area contributed by atoms with Crippen molar-refractivity contribution in [2.45, 2.75) is 30.5 Å². The van der Waals surface area contributed by atoms with Crippen LogP contribution in [0.25, 0.3) is 0 Å². The van der Waals surface area contributed by atoms with E-state index in [0.29, 0.717) is 17.0 Å². The Morgan fingerprint density at radius 3 is 2.58 bits per heavy atom. The fraction of sp³-hybridized carbons (Fsp3) is 0.316. The van der Waals surface area contributed by atoms with Crippen LogP contribution in [-0.4, -0.2) is 30.0 Å². The molecule has 1 fully saturated rings. The van der Waals surface area contributed by atoms with Crippen LogP contribution in [0.1, 0.15) is 24.0 Å². The fourth-order valence-corrected chi connectivity index (χ4v) is 4.46. The van der Waals surface area contributed by atoms with E-state index in [1.165, 1.54) is 0 Å². The molecule has 4 atom stereocenters. The Bertz CT molecular complexity index is 900. The first-order valence-corrected chi connectivity index (χ1v) is 8.45. The number of nitrogens with one attached hydrogen (secondary N) is 2. The monoisotopic (exact) mass is 353 g/mol. The van der Waals surface area contributed by atoms with E-state index in [1.807, 2.05) is 25.1 Å². The number of fused-ring (bicyclic) bond motifs is 2. The van der Waals surface area contributed by atoms with Gasteiger partial charge in [0, 0.05) is 27.8 Å². The molecular formula is C19H19N3O4. The summed E-state index contributed by atoms with van der Waals surface area (Å²) in [5.41, 5.74) is 0.566. The molecule has 1 saturated heterocycles. The molecule has 1 spiro atoms. The van der Waals surface area contributed by atoms with Gasteiger partial charge in [-0.3, -0.25) is 20.2 Å². The summed E-state index contributed by atoms with van der Waals surface area (Å²) < 4.78 is 5.43. The molecular weight excluding hydrogens is 334 g/mol. The Morgan fingerprint density at radius 1 is 1.15 bits per heavy atom. The quantitative estimate of drug-likeness (QED) is 0.652. The molecule has 0 aromatic heterocycles. The van der Waals surface area contributed by atoms with Crippen LogP contribution in [0.3, 0.4) is 0 Å². The lowest BCUT2D eigenvalue weighted by molar-refractivity contribution is -0.532. The van der Waals surface area contributed by atoms with Crippen LogP contribution in [-0.2, 0) is 10.3 Å². The van der Waals surface area contributed by atoms with E-state index in [9.17, 15) is 14.9 Å². The van der Waals surface area contributed by atoms with Crippen molar-refractivity contribution in [1.29, 1.82) is 0 Å². The van der Waals surface area contributed by atoms with Gasteiger partial charge in [0.05, 0.1) is 13.0 Å². The molecule has 7 nitrogen and oxygen atoms in total. The summed E-state index contributed by atoms with van der Waals surface area (Å²) in [6.45, 7) is 1.87. The number of rotatable bonds is 3. The number of nitro groups is 1. The Hall–Kier alpha value is -2.93. The van der Waals surface area contributed by atoms with Gasteiger partial charge in [-0.25, -0.2) is 0 Å². The highest BCUT2D eigenvalue weighted by Gasteiger charge is 2.67. The first-order valence-electron chi connectivity index (χ1n) is 8.45. The van der Waals surface area contributed by atoms with Crippen LogP contribution >= 0.6 is 0 Å². The van der Waals surface area contributed by atoms with Crippen molar-refractivity contribution in [2.75, 3.05) is 12.4 Å². The SMILES string of the molecule is COc1ccccc1[C@@H]1[C@H](C)N[C@]2(C(=O)Nc3ccccc32)[C@H]1[N+](=O)[O-]. The number of methoxy groups -OCH3 is 1. The second kappa shape index (κ2) is 5.81. The van der Waals surface area contributed by atoms with E-state index in [1.54, 1.807) is 37.4 Å². The van der Waals surface area contributed by atoms with Gasteiger partial charge in [-0.05, 0) is 19.1 Å². The topological polar surface area (TPSA) is 93.5 Å². The maximum absolute atomic E-state index is 12.9. The van der Waals surface area contributed by atoms with E-state index in [4.69, 9.17) is 4.74 Å². The molecule has 7 heteroatoms. The lowest BCUT2D eigenvalue weighted by atomic mass is 9.78. The minimum Gasteiger partial charge on any atom is -0.496 e. The summed E-state index contributed by atoms with van der Waals surface area (Å²) in [5, 5.41) is 18.2. The Labute approximate surface area is 150 Å². The average molecular weight is 353 g/mol. The largest absolute Gasteiger partial charge is 0.496 e. The molecule has 2 aliphatic rings. The minimum absolute atomic E-state index is 0.293. The maximum Gasteiger partial charge on any atom is 0.256 e. The summed E-state index contributed by atoms with van der Waals surface area (Å²) >= 11 is 0. The van der Waals surface area contributed by atoms with E-state index >= 15 is 0 Å². The number of hydrogen-bond acceptors (Lipinski definition) is 5. The third kappa shape index (κ3) is 2.07. The normalized spacial score (nSPS) is 29.5. The Morgan fingerprint density at radius 2 is 1.85 bits per heavy atom. The van der Waals surface area contributed by atoms with Crippen molar-refractivity contribution in [3.63, 3.8) is 0 Å². The summed E-state index contributed by atoms with van der Waals surface area (Å²) in [6.07, 6.45) is 0. The van der Waals surface area contributed by atoms with E-state index < -0.39 is 17.5 Å². The van der Waals surface area contributed by atoms with Gasteiger partial charge in [0.25, 0.3) is 11.9 Å². The number of amides is 1. The molecule has 2 aromatic rings. The third-order valence-electron chi connectivity index (χ3n) is 5.46. The van der Waals surface area contributed by atoms with Crippen LogP contribution in [0, 0.1) is 10.1 Å². The zero-order valence-corrected chi connectivity index (χ0v) is 14.4. The molecule has 2 N–H and O–H groups in total. The van der Waals surface area contributed by atoms with Gasteiger partial charge < -0.3 is 10.1 Å². The van der Waals surface area contributed by atoms with E-state index in [-0.39, 0.29) is 16.9 Å². The number of ether oxygens (including phenoxy) is 1. The number of carbonyl (C=O) groups excluding carboxylic acids is 1. The molecule has 0 radical (unpaired) electrons. The van der Waals surface area contributed by atoms with Crippen LogP contribution in [0.2, 0.25) is 0 Å². The van der Waals surface area contributed by atoms with Crippen molar-refractivity contribution in [2.24, 2.45) is 0 Å². The molecule has 2 aliphatic heterocycles. The second-order valence-corrected chi connectivity index (χ2v) is 6.74. The predicted molar refractivity (Wildman–Crippen MR) is 95.9 cm³/mol. The smallest absolute Gasteiger partial charge is 0.256 e. The van der Waals surface area contributed by atoms with E-state index in [0.717, 1.165) is 5.56 Å². The zero-order chi connectivity index (χ0) is 18.5. The number of anilines is 1. The highest BCUT2D eigenvalue weighted by atomic mass is 16.6. The van der Waals surface area contributed by atoms with Gasteiger partial charge in [-0.2, -0.15) is 0 Å². The first kappa shape index (κ1) is 16.5. The lowest BCUT2D eigenvalue weighted by Gasteiger charge is -2.25. The summed E-state index contributed by atoms with van der Waals surface area (Å²) in [7, 11) is 1.54. The number of nitrogens with zero attached hydrogens (tertiary/aromatic N) is 1. The number of hydrogen-bond donors (Lipinski definition) is 2. The molecule has 134 valence electrons. The highest BCUT2D eigenvalue weighted by molar-refractivity contribution is 6.07. The van der Waals surface area contributed by atoms with Gasteiger partial charge in [-0.1, -0.05) is 36.4 Å². The Balaban J connectivity index is 1.92.